The third kappa shape index (κ3) is 5.61. The molecule has 1 aromatic heterocycles. The van der Waals surface area contributed by atoms with E-state index in [9.17, 15) is 15.0 Å². The third-order valence-corrected chi connectivity index (χ3v) is 7.04. The lowest BCUT2D eigenvalue weighted by Gasteiger charge is -2.12. The maximum Gasteiger partial charge on any atom is 0.267 e. The van der Waals surface area contributed by atoms with Crippen LogP contribution < -0.4 is 9.47 Å². The number of nitrogens with zero attached hydrogens (tertiary/aromatic N) is 3. The topological polar surface area (TPSA) is 117 Å². The first-order chi connectivity index (χ1) is 17.3. The molecule has 0 radical (unpaired) electrons. The number of carbonyl (C=O) groups excluding carboxylic acids is 1. The smallest absolute Gasteiger partial charge is 0.267 e. The van der Waals surface area contributed by atoms with Gasteiger partial charge in [-0.2, -0.15) is 5.10 Å². The molecule has 2 aromatic carbocycles. The normalized spacial score (nSPS) is 16.0. The highest BCUT2D eigenvalue weighted by molar-refractivity contribution is 9.11. The Balaban J connectivity index is 1.69. The Hall–Kier alpha value is -3.22. The summed E-state index contributed by atoms with van der Waals surface area (Å²) in [6, 6.07) is 10.1. The highest BCUT2D eigenvalue weighted by Gasteiger charge is 2.34. The standard InChI is InChI=1S/C24H19Br2N3O6S/c1-33-18-6-13(7-19(34-2)22(18)31)8-20-23(32)29(12-16-4-3-5-35-16)24(36-20)28-27-11-14-9-15(25)10-17(26)21(14)30/h3-11,30-31H,12H2,1-2H3/b20-8-,27-11+,28-24-. The number of hydrogen-bond donors (Lipinski definition) is 2. The summed E-state index contributed by atoms with van der Waals surface area (Å²) in [6.45, 7) is 0.153. The number of furan rings is 1. The number of benzene rings is 2. The van der Waals surface area contributed by atoms with Crippen molar-refractivity contribution in [1.82, 2.24) is 4.90 Å². The molecule has 0 atom stereocenters. The third-order valence-electron chi connectivity index (χ3n) is 4.98. The maximum absolute atomic E-state index is 13.3. The first-order valence-electron chi connectivity index (χ1n) is 10.3. The van der Waals surface area contributed by atoms with E-state index in [0.29, 0.717) is 31.4 Å². The number of phenols is 2. The minimum Gasteiger partial charge on any atom is -0.506 e. The van der Waals surface area contributed by atoms with Crippen LogP contribution in [0.25, 0.3) is 6.08 Å². The zero-order valence-electron chi connectivity index (χ0n) is 18.9. The van der Waals surface area contributed by atoms with Gasteiger partial charge in [0.1, 0.15) is 11.5 Å². The van der Waals surface area contributed by atoms with Crippen LogP contribution in [0.2, 0.25) is 0 Å². The number of carbonyl (C=O) groups is 1. The number of aromatic hydroxyl groups is 2. The van der Waals surface area contributed by atoms with Gasteiger partial charge in [0.25, 0.3) is 5.91 Å². The van der Waals surface area contributed by atoms with E-state index >= 15 is 0 Å². The molecule has 186 valence electrons. The summed E-state index contributed by atoms with van der Waals surface area (Å²) in [5.41, 5.74) is 1.02. The van der Waals surface area contributed by atoms with Crippen molar-refractivity contribution in [2.45, 2.75) is 6.54 Å². The van der Waals surface area contributed by atoms with Gasteiger partial charge >= 0.3 is 0 Å². The first kappa shape index (κ1) is 25.9. The molecule has 1 amide bonds. The van der Waals surface area contributed by atoms with Crippen molar-refractivity contribution in [3.8, 4) is 23.0 Å². The van der Waals surface area contributed by atoms with E-state index in [0.717, 1.165) is 16.2 Å². The van der Waals surface area contributed by atoms with Gasteiger partial charge in [-0.15, -0.1) is 5.10 Å². The molecule has 1 aliphatic heterocycles. The average molecular weight is 637 g/mol. The quantitative estimate of drug-likeness (QED) is 0.193. The summed E-state index contributed by atoms with van der Waals surface area (Å²) in [4.78, 5) is 15.1. The molecular weight excluding hydrogens is 618 g/mol. The van der Waals surface area contributed by atoms with E-state index in [1.165, 1.54) is 31.6 Å². The van der Waals surface area contributed by atoms with Crippen molar-refractivity contribution in [2.75, 3.05) is 14.2 Å². The number of halogens is 2. The van der Waals surface area contributed by atoms with Crippen LogP contribution in [0, 0.1) is 0 Å². The van der Waals surface area contributed by atoms with E-state index < -0.39 is 0 Å². The van der Waals surface area contributed by atoms with Crippen LogP contribution in [0.4, 0.5) is 0 Å². The minimum absolute atomic E-state index is 0.0144. The fraction of sp³-hybridized carbons (Fsp3) is 0.125. The molecule has 4 rings (SSSR count). The van der Waals surface area contributed by atoms with Gasteiger partial charge in [0.15, 0.2) is 16.7 Å². The van der Waals surface area contributed by atoms with E-state index in [1.807, 2.05) is 0 Å². The molecule has 2 heterocycles. The fourth-order valence-electron chi connectivity index (χ4n) is 3.25. The predicted molar refractivity (Wildman–Crippen MR) is 145 cm³/mol. The Morgan fingerprint density at radius 3 is 2.47 bits per heavy atom. The highest BCUT2D eigenvalue weighted by Crippen LogP contribution is 2.40. The van der Waals surface area contributed by atoms with Crippen LogP contribution in [0.1, 0.15) is 16.9 Å². The maximum atomic E-state index is 13.3. The Morgan fingerprint density at radius 2 is 1.83 bits per heavy atom. The van der Waals surface area contributed by atoms with Gasteiger partial charge in [0, 0.05) is 10.0 Å². The molecule has 9 nitrogen and oxygen atoms in total. The van der Waals surface area contributed by atoms with Gasteiger partial charge in [-0.1, -0.05) is 15.9 Å². The monoisotopic (exact) mass is 635 g/mol. The van der Waals surface area contributed by atoms with Gasteiger partial charge in [0.2, 0.25) is 5.75 Å². The van der Waals surface area contributed by atoms with Crippen molar-refractivity contribution in [3.63, 3.8) is 0 Å². The molecule has 3 aromatic rings. The van der Waals surface area contributed by atoms with Crippen molar-refractivity contribution in [2.24, 2.45) is 10.2 Å². The Labute approximate surface area is 227 Å². The number of thioether (sulfide) groups is 1. The molecule has 0 aliphatic carbocycles. The van der Waals surface area contributed by atoms with Gasteiger partial charge in [-0.25, -0.2) is 0 Å². The Morgan fingerprint density at radius 1 is 1.11 bits per heavy atom. The lowest BCUT2D eigenvalue weighted by Crippen LogP contribution is -2.28. The van der Waals surface area contributed by atoms with Crippen LogP contribution >= 0.6 is 43.6 Å². The van der Waals surface area contributed by atoms with E-state index in [1.54, 1.807) is 42.5 Å². The molecule has 0 saturated carbocycles. The van der Waals surface area contributed by atoms with Gasteiger partial charge < -0.3 is 24.1 Å². The summed E-state index contributed by atoms with van der Waals surface area (Å²) >= 11 is 7.78. The average Bonchev–Trinajstić information content (AvgIpc) is 3.47. The molecular formula is C24H19Br2N3O6S. The fourth-order valence-corrected chi connectivity index (χ4v) is 5.45. The zero-order valence-corrected chi connectivity index (χ0v) is 22.9. The summed E-state index contributed by atoms with van der Waals surface area (Å²) < 4.78 is 17.1. The van der Waals surface area contributed by atoms with Gasteiger partial charge in [-0.3, -0.25) is 9.69 Å². The van der Waals surface area contributed by atoms with Crippen LogP contribution in [-0.2, 0) is 11.3 Å². The number of ether oxygens (including phenoxy) is 2. The lowest BCUT2D eigenvalue weighted by atomic mass is 10.1. The SMILES string of the molecule is COc1cc(/C=C2\S/C(=N\N=C\c3cc(Br)cc(Br)c3O)N(Cc3ccco3)C2=O)cc(OC)c1O. The number of amidine groups is 1. The zero-order chi connectivity index (χ0) is 25.8. The van der Waals surface area contributed by atoms with Crippen LogP contribution in [0.3, 0.4) is 0 Å². The molecule has 12 heteroatoms. The van der Waals surface area contributed by atoms with Gasteiger partial charge in [0.05, 0.1) is 42.6 Å². The van der Waals surface area contributed by atoms with E-state index in [-0.39, 0.29) is 35.4 Å². The summed E-state index contributed by atoms with van der Waals surface area (Å²) in [5, 5.41) is 29.1. The number of rotatable bonds is 7. The molecule has 1 saturated heterocycles. The second-order valence-corrected chi connectivity index (χ2v) is 10.1. The lowest BCUT2D eigenvalue weighted by molar-refractivity contribution is -0.122. The molecule has 0 bridgehead atoms. The number of methoxy groups -OCH3 is 2. The van der Waals surface area contributed by atoms with Crippen molar-refractivity contribution in [3.05, 3.63) is 73.4 Å². The molecule has 1 fully saturated rings. The second kappa shape index (κ2) is 11.2. The van der Waals surface area contributed by atoms with Crippen molar-refractivity contribution < 1.29 is 28.9 Å². The Kier molecular flexibility index (Phi) is 8.07. The number of phenolic OH excluding ortho intramolecular Hbond substituents is 2. The number of hydrogen-bond acceptors (Lipinski definition) is 9. The highest BCUT2D eigenvalue weighted by atomic mass is 79.9. The largest absolute Gasteiger partial charge is 0.506 e. The van der Waals surface area contributed by atoms with Crippen molar-refractivity contribution >= 4 is 67.0 Å². The van der Waals surface area contributed by atoms with Crippen LogP contribution in [0.5, 0.6) is 23.0 Å². The minimum atomic E-state index is -0.301. The predicted octanol–water partition coefficient (Wildman–Crippen LogP) is 5.74. The van der Waals surface area contributed by atoms with Crippen LogP contribution in [-0.4, -0.2) is 46.6 Å². The van der Waals surface area contributed by atoms with Gasteiger partial charge in [-0.05, 0) is 75.7 Å². The first-order valence-corrected chi connectivity index (χ1v) is 12.7. The van der Waals surface area contributed by atoms with Crippen LogP contribution in [0.15, 0.2) is 71.1 Å². The summed E-state index contributed by atoms with van der Waals surface area (Å²) in [7, 11) is 2.85. The van der Waals surface area contributed by atoms with Crippen molar-refractivity contribution in [1.29, 1.82) is 0 Å². The summed E-state index contributed by atoms with van der Waals surface area (Å²) in [6.07, 6.45) is 4.57. The molecule has 2 N–H and O–H groups in total. The molecule has 36 heavy (non-hydrogen) atoms. The summed E-state index contributed by atoms with van der Waals surface area (Å²) in [5.74, 6) is 0.574. The number of amides is 1. The van der Waals surface area contributed by atoms with E-state index in [4.69, 9.17) is 13.9 Å². The Bertz CT molecular complexity index is 1360. The molecule has 0 spiro atoms. The molecule has 1 aliphatic rings. The molecule has 0 unspecified atom stereocenters. The second-order valence-electron chi connectivity index (χ2n) is 7.31. The van der Waals surface area contributed by atoms with E-state index in [2.05, 4.69) is 42.1 Å².